The molecule has 0 aromatic rings. The zero-order valence-corrected chi connectivity index (χ0v) is 11.0. The van der Waals surface area contributed by atoms with Crippen molar-refractivity contribution >= 4 is 5.97 Å². The van der Waals surface area contributed by atoms with Crippen molar-refractivity contribution < 1.29 is 9.53 Å². The fourth-order valence-corrected chi connectivity index (χ4v) is 1.51. The molecule has 0 heterocycles. The van der Waals surface area contributed by atoms with E-state index in [-0.39, 0.29) is 5.97 Å². The molecule has 0 aromatic carbocycles. The van der Waals surface area contributed by atoms with Crippen LogP contribution in [0, 0.1) is 5.92 Å². The van der Waals surface area contributed by atoms with Gasteiger partial charge >= 0.3 is 5.97 Å². The van der Waals surface area contributed by atoms with Gasteiger partial charge in [-0.2, -0.15) is 0 Å². The van der Waals surface area contributed by atoms with Crippen molar-refractivity contribution in [1.82, 2.24) is 0 Å². The Hall–Kier alpha value is -0.570. The normalized spacial score (nSPS) is 12.8. The fraction of sp³-hybridized carbons (Fsp3) is 0.923. The van der Waals surface area contributed by atoms with Gasteiger partial charge in [-0.1, -0.05) is 40.0 Å². The number of ether oxygens (including phenoxy) is 1. The number of hydrogen-bond donors (Lipinski definition) is 1. The Morgan fingerprint density at radius 2 is 1.81 bits per heavy atom. The first-order valence-corrected chi connectivity index (χ1v) is 6.51. The predicted molar refractivity (Wildman–Crippen MR) is 66.9 cm³/mol. The second kappa shape index (κ2) is 9.64. The van der Waals surface area contributed by atoms with E-state index in [4.69, 9.17) is 10.5 Å². The Morgan fingerprint density at radius 3 is 2.38 bits per heavy atom. The van der Waals surface area contributed by atoms with Gasteiger partial charge in [0.05, 0.1) is 0 Å². The Morgan fingerprint density at radius 1 is 1.19 bits per heavy atom. The molecule has 3 nitrogen and oxygen atoms in total. The molecule has 0 saturated carbocycles. The lowest BCUT2D eigenvalue weighted by Gasteiger charge is -2.13. The lowest BCUT2D eigenvalue weighted by Crippen LogP contribution is -2.26. The number of carbonyl (C=O) groups is 1. The number of nitrogens with two attached hydrogens (primary N) is 1. The minimum atomic E-state index is -0.406. The van der Waals surface area contributed by atoms with Crippen molar-refractivity contribution in [2.45, 2.75) is 71.9 Å². The molecular formula is C13H27NO2. The summed E-state index contributed by atoms with van der Waals surface area (Å²) in [4.78, 5) is 11.3. The van der Waals surface area contributed by atoms with Crippen LogP contribution in [0.5, 0.6) is 0 Å². The lowest BCUT2D eigenvalue weighted by atomic mass is 10.1. The van der Waals surface area contributed by atoms with Crippen molar-refractivity contribution in [3.8, 4) is 0 Å². The van der Waals surface area contributed by atoms with E-state index in [9.17, 15) is 4.79 Å². The molecule has 0 radical (unpaired) electrons. The highest BCUT2D eigenvalue weighted by atomic mass is 16.6. The van der Waals surface area contributed by atoms with E-state index < -0.39 is 6.23 Å². The van der Waals surface area contributed by atoms with E-state index in [0.717, 1.165) is 38.0 Å². The summed E-state index contributed by atoms with van der Waals surface area (Å²) in [6.07, 6.45) is 6.20. The predicted octanol–water partition coefficient (Wildman–Crippen LogP) is 3.22. The summed E-state index contributed by atoms with van der Waals surface area (Å²) in [5.74, 6) is 0.585. The van der Waals surface area contributed by atoms with Gasteiger partial charge in [0.1, 0.15) is 0 Å². The number of hydrogen-bond acceptors (Lipinski definition) is 3. The molecule has 1 unspecified atom stereocenters. The third kappa shape index (κ3) is 9.97. The Kier molecular flexibility index (Phi) is 9.30. The van der Waals surface area contributed by atoms with E-state index in [1.54, 1.807) is 0 Å². The summed E-state index contributed by atoms with van der Waals surface area (Å²) < 4.78 is 5.10. The van der Waals surface area contributed by atoms with Gasteiger partial charge in [-0.3, -0.25) is 10.5 Å². The highest BCUT2D eigenvalue weighted by molar-refractivity contribution is 5.69. The van der Waals surface area contributed by atoms with Gasteiger partial charge in [-0.05, 0) is 25.2 Å². The zero-order valence-electron chi connectivity index (χ0n) is 11.0. The Balaban J connectivity index is 3.43. The third-order valence-electron chi connectivity index (χ3n) is 2.54. The maximum absolute atomic E-state index is 11.3. The van der Waals surface area contributed by atoms with Gasteiger partial charge in [0, 0.05) is 6.42 Å². The highest BCUT2D eigenvalue weighted by Gasteiger charge is 2.08. The van der Waals surface area contributed by atoms with Crippen molar-refractivity contribution in [3.05, 3.63) is 0 Å². The molecule has 2 N–H and O–H groups in total. The first-order valence-electron chi connectivity index (χ1n) is 6.51. The van der Waals surface area contributed by atoms with Crippen LogP contribution in [-0.4, -0.2) is 12.2 Å². The maximum Gasteiger partial charge on any atom is 0.307 e. The summed E-state index contributed by atoms with van der Waals surface area (Å²) in [5, 5.41) is 0. The monoisotopic (exact) mass is 229 g/mol. The molecule has 0 aliphatic rings. The quantitative estimate of drug-likeness (QED) is 0.375. The molecule has 0 rings (SSSR count). The first kappa shape index (κ1) is 15.4. The molecule has 0 fully saturated rings. The maximum atomic E-state index is 11.3. The molecule has 3 heteroatoms. The van der Waals surface area contributed by atoms with Crippen LogP contribution in [0.2, 0.25) is 0 Å². The van der Waals surface area contributed by atoms with E-state index in [0.29, 0.717) is 6.42 Å². The lowest BCUT2D eigenvalue weighted by molar-refractivity contribution is -0.149. The summed E-state index contributed by atoms with van der Waals surface area (Å²) in [6, 6.07) is 0. The molecular weight excluding hydrogens is 202 g/mol. The van der Waals surface area contributed by atoms with Gasteiger partial charge < -0.3 is 4.74 Å². The molecule has 96 valence electrons. The van der Waals surface area contributed by atoms with Gasteiger partial charge in [-0.15, -0.1) is 0 Å². The standard InChI is InChI=1S/C13H27NO2/c1-4-5-10-13(15)16-12(14)9-7-6-8-11(2)3/h11-12H,4-10,14H2,1-3H3. The topological polar surface area (TPSA) is 52.3 Å². The van der Waals surface area contributed by atoms with Gasteiger partial charge in [0.2, 0.25) is 0 Å². The molecule has 0 spiro atoms. The molecule has 0 bridgehead atoms. The van der Waals surface area contributed by atoms with Crippen LogP contribution in [0.25, 0.3) is 0 Å². The zero-order chi connectivity index (χ0) is 12.4. The molecule has 16 heavy (non-hydrogen) atoms. The average Bonchev–Trinajstić information content (AvgIpc) is 2.21. The average molecular weight is 229 g/mol. The van der Waals surface area contributed by atoms with E-state index in [2.05, 4.69) is 20.8 Å². The minimum Gasteiger partial charge on any atom is -0.447 e. The first-order chi connectivity index (χ1) is 7.56. The second-order valence-electron chi connectivity index (χ2n) is 4.81. The number of rotatable bonds is 9. The molecule has 0 aliphatic carbocycles. The van der Waals surface area contributed by atoms with Crippen LogP contribution in [0.4, 0.5) is 0 Å². The largest absolute Gasteiger partial charge is 0.447 e. The van der Waals surface area contributed by atoms with E-state index in [1.165, 1.54) is 6.42 Å². The summed E-state index contributed by atoms with van der Waals surface area (Å²) in [7, 11) is 0. The van der Waals surface area contributed by atoms with Crippen molar-refractivity contribution in [2.75, 3.05) is 0 Å². The van der Waals surface area contributed by atoms with Crippen LogP contribution >= 0.6 is 0 Å². The van der Waals surface area contributed by atoms with Gasteiger partial charge in [0.25, 0.3) is 0 Å². The van der Waals surface area contributed by atoms with Crippen LogP contribution < -0.4 is 5.73 Å². The highest BCUT2D eigenvalue weighted by Crippen LogP contribution is 2.10. The SMILES string of the molecule is CCCCC(=O)OC(N)CCCCC(C)C. The minimum absolute atomic E-state index is 0.154. The van der Waals surface area contributed by atoms with Gasteiger partial charge in [-0.25, -0.2) is 0 Å². The summed E-state index contributed by atoms with van der Waals surface area (Å²) in [5.41, 5.74) is 5.72. The van der Waals surface area contributed by atoms with Crippen molar-refractivity contribution in [1.29, 1.82) is 0 Å². The number of unbranched alkanes of at least 4 members (excludes halogenated alkanes) is 2. The number of carbonyl (C=O) groups excluding carboxylic acids is 1. The van der Waals surface area contributed by atoms with Gasteiger partial charge in [0.15, 0.2) is 6.23 Å². The molecule has 0 aromatic heterocycles. The third-order valence-corrected chi connectivity index (χ3v) is 2.54. The van der Waals surface area contributed by atoms with E-state index in [1.807, 2.05) is 0 Å². The number of esters is 1. The van der Waals surface area contributed by atoms with Crippen LogP contribution in [-0.2, 0) is 9.53 Å². The fourth-order valence-electron chi connectivity index (χ4n) is 1.51. The van der Waals surface area contributed by atoms with E-state index >= 15 is 0 Å². The van der Waals surface area contributed by atoms with Crippen molar-refractivity contribution in [3.63, 3.8) is 0 Å². The molecule has 0 saturated heterocycles. The smallest absolute Gasteiger partial charge is 0.307 e. The van der Waals surface area contributed by atoms with Crippen molar-refractivity contribution in [2.24, 2.45) is 11.7 Å². The molecule has 0 amide bonds. The summed E-state index contributed by atoms with van der Waals surface area (Å²) in [6.45, 7) is 6.48. The molecule has 0 aliphatic heterocycles. The Bertz CT molecular complexity index is 181. The van der Waals surface area contributed by atoms with Crippen LogP contribution in [0.1, 0.15) is 65.7 Å². The van der Waals surface area contributed by atoms with Crippen LogP contribution in [0.15, 0.2) is 0 Å². The van der Waals surface area contributed by atoms with Crippen LogP contribution in [0.3, 0.4) is 0 Å². The molecule has 1 atom stereocenters. The second-order valence-corrected chi connectivity index (χ2v) is 4.81. The Labute approximate surface area is 99.7 Å². The summed E-state index contributed by atoms with van der Waals surface area (Å²) >= 11 is 0.